The minimum absolute atomic E-state index is 0.140. The lowest BCUT2D eigenvalue weighted by Crippen LogP contribution is -2.19. The van der Waals surface area contributed by atoms with Gasteiger partial charge in [0.25, 0.3) is 0 Å². The third kappa shape index (κ3) is 2.81. The summed E-state index contributed by atoms with van der Waals surface area (Å²) in [6.45, 7) is 1.95. The van der Waals surface area contributed by atoms with Crippen LogP contribution in [0.2, 0.25) is 0 Å². The summed E-state index contributed by atoms with van der Waals surface area (Å²) in [5.74, 6) is 0.539. The molecule has 1 fully saturated rings. The number of nitrogens with two attached hydrogens (primary N) is 1. The molecule has 6 heteroatoms. The van der Waals surface area contributed by atoms with E-state index in [0.29, 0.717) is 11.6 Å². The summed E-state index contributed by atoms with van der Waals surface area (Å²) < 4.78 is 37.4. The summed E-state index contributed by atoms with van der Waals surface area (Å²) >= 11 is 0. The molecule has 0 amide bonds. The number of hydrogen-bond donors (Lipinski definition) is 2. The molecule has 1 atom stereocenters. The highest BCUT2D eigenvalue weighted by Gasteiger charge is 2.33. The van der Waals surface area contributed by atoms with E-state index in [1.807, 2.05) is 6.92 Å². The second-order valence-corrected chi connectivity index (χ2v) is 4.42. The van der Waals surface area contributed by atoms with Crippen LogP contribution in [0.25, 0.3) is 0 Å². The Labute approximate surface area is 97.2 Å². The number of halogens is 3. The number of anilines is 2. The van der Waals surface area contributed by atoms with Crippen molar-refractivity contribution in [3.8, 4) is 0 Å². The van der Waals surface area contributed by atoms with Gasteiger partial charge in [0, 0.05) is 6.04 Å². The van der Waals surface area contributed by atoms with E-state index in [0.717, 1.165) is 25.1 Å². The molecule has 0 aliphatic heterocycles. The molecule has 0 saturated heterocycles. The Morgan fingerprint density at radius 1 is 1.47 bits per heavy atom. The van der Waals surface area contributed by atoms with Crippen molar-refractivity contribution in [3.63, 3.8) is 0 Å². The first-order chi connectivity index (χ1) is 7.88. The van der Waals surface area contributed by atoms with Gasteiger partial charge in [-0.15, -0.1) is 0 Å². The van der Waals surface area contributed by atoms with Crippen LogP contribution in [0.1, 0.15) is 25.5 Å². The number of nitrogen functional groups attached to an aromatic ring is 1. The minimum Gasteiger partial charge on any atom is -0.396 e. The molecular weight excluding hydrogens is 231 g/mol. The molecule has 0 aromatic carbocycles. The molecule has 2 rings (SSSR count). The molecular formula is C11H14F3N3. The van der Waals surface area contributed by atoms with Crippen molar-refractivity contribution >= 4 is 11.4 Å². The van der Waals surface area contributed by atoms with E-state index in [2.05, 4.69) is 10.3 Å². The molecule has 1 unspecified atom stereocenters. The van der Waals surface area contributed by atoms with E-state index in [4.69, 9.17) is 5.73 Å². The van der Waals surface area contributed by atoms with Gasteiger partial charge >= 0.3 is 6.18 Å². The third-order valence-electron chi connectivity index (χ3n) is 2.94. The van der Waals surface area contributed by atoms with Gasteiger partial charge < -0.3 is 11.1 Å². The average molecular weight is 245 g/mol. The zero-order valence-corrected chi connectivity index (χ0v) is 9.38. The first-order valence-electron chi connectivity index (χ1n) is 5.47. The number of nitrogens with zero attached hydrogens (tertiary/aromatic N) is 1. The van der Waals surface area contributed by atoms with E-state index in [1.165, 1.54) is 0 Å². The minimum atomic E-state index is -4.44. The van der Waals surface area contributed by atoms with Gasteiger partial charge in [-0.1, -0.05) is 0 Å². The Bertz CT molecular complexity index is 413. The molecule has 1 aromatic heterocycles. The van der Waals surface area contributed by atoms with Crippen molar-refractivity contribution in [3.05, 3.63) is 18.0 Å². The topological polar surface area (TPSA) is 50.9 Å². The molecule has 17 heavy (non-hydrogen) atoms. The number of hydrogen-bond acceptors (Lipinski definition) is 3. The summed E-state index contributed by atoms with van der Waals surface area (Å²) in [6, 6.07) is 1.11. The molecule has 0 bridgehead atoms. The van der Waals surface area contributed by atoms with Crippen LogP contribution in [0.15, 0.2) is 12.3 Å². The summed E-state index contributed by atoms with van der Waals surface area (Å²) in [6.07, 6.45) is -1.16. The molecule has 3 nitrogen and oxygen atoms in total. The predicted octanol–water partition coefficient (Wildman–Crippen LogP) is 2.89. The van der Waals surface area contributed by atoms with Crippen LogP contribution in [0.3, 0.4) is 0 Å². The molecule has 1 aliphatic carbocycles. The van der Waals surface area contributed by atoms with Crippen molar-refractivity contribution in [2.24, 2.45) is 5.92 Å². The van der Waals surface area contributed by atoms with Crippen molar-refractivity contribution in [2.45, 2.75) is 32.0 Å². The largest absolute Gasteiger partial charge is 0.433 e. The lowest BCUT2D eigenvalue weighted by Gasteiger charge is -2.17. The van der Waals surface area contributed by atoms with E-state index >= 15 is 0 Å². The molecule has 1 saturated carbocycles. The monoisotopic (exact) mass is 245 g/mol. The van der Waals surface area contributed by atoms with E-state index in [1.54, 1.807) is 0 Å². The fourth-order valence-corrected chi connectivity index (χ4v) is 1.71. The molecule has 1 aromatic rings. The molecule has 0 radical (unpaired) electrons. The van der Waals surface area contributed by atoms with Gasteiger partial charge in [-0.05, 0) is 31.7 Å². The predicted molar refractivity (Wildman–Crippen MR) is 59.5 cm³/mol. The Kier molecular flexibility index (Phi) is 2.89. The highest BCUT2D eigenvalue weighted by Crippen LogP contribution is 2.36. The van der Waals surface area contributed by atoms with Gasteiger partial charge in [0.1, 0.15) is 5.69 Å². The molecule has 3 N–H and O–H groups in total. The lowest BCUT2D eigenvalue weighted by atomic mass is 10.2. The maximum atomic E-state index is 12.5. The van der Waals surface area contributed by atoms with Crippen LogP contribution < -0.4 is 11.1 Å². The number of nitrogens with one attached hydrogen (secondary N) is 1. The average Bonchev–Trinajstić information content (AvgIpc) is 3.02. The highest BCUT2D eigenvalue weighted by molar-refractivity contribution is 5.65. The van der Waals surface area contributed by atoms with Crippen LogP contribution in [-0.2, 0) is 6.18 Å². The molecule has 1 aliphatic rings. The normalized spacial score (nSPS) is 17.9. The van der Waals surface area contributed by atoms with E-state index in [9.17, 15) is 13.2 Å². The first kappa shape index (κ1) is 12.0. The maximum absolute atomic E-state index is 12.5. The number of pyridine rings is 1. The van der Waals surface area contributed by atoms with Gasteiger partial charge in [-0.3, -0.25) is 0 Å². The summed E-state index contributed by atoms with van der Waals surface area (Å²) in [5, 5.41) is 3.02. The third-order valence-corrected chi connectivity index (χ3v) is 2.94. The second kappa shape index (κ2) is 4.09. The number of rotatable bonds is 3. The van der Waals surface area contributed by atoms with Crippen LogP contribution in [0.4, 0.5) is 24.5 Å². The zero-order chi connectivity index (χ0) is 12.6. The van der Waals surface area contributed by atoms with Crippen LogP contribution in [0.5, 0.6) is 0 Å². The maximum Gasteiger partial charge on any atom is 0.433 e. The Hall–Kier alpha value is -1.46. The second-order valence-electron chi connectivity index (χ2n) is 4.42. The van der Waals surface area contributed by atoms with Gasteiger partial charge in [0.05, 0.1) is 17.6 Å². The van der Waals surface area contributed by atoms with Crippen LogP contribution in [0, 0.1) is 5.92 Å². The standard InChI is InChI=1S/C11H14F3N3/c1-6(7-2-3-7)17-9-4-10(11(12,13)14)16-5-8(9)15/h4-7H,2-3,15H2,1H3,(H,16,17). The van der Waals surface area contributed by atoms with E-state index in [-0.39, 0.29) is 11.7 Å². The summed E-state index contributed by atoms with van der Waals surface area (Å²) in [5.41, 5.74) is 5.24. The first-order valence-corrected chi connectivity index (χ1v) is 5.47. The van der Waals surface area contributed by atoms with Crippen molar-refractivity contribution in [1.29, 1.82) is 0 Å². The number of aromatic nitrogens is 1. The SMILES string of the molecule is CC(Nc1cc(C(F)(F)F)ncc1N)C1CC1. The van der Waals surface area contributed by atoms with Gasteiger partial charge in [-0.2, -0.15) is 13.2 Å². The van der Waals surface area contributed by atoms with Crippen LogP contribution >= 0.6 is 0 Å². The Morgan fingerprint density at radius 2 is 2.12 bits per heavy atom. The quantitative estimate of drug-likeness (QED) is 0.860. The van der Waals surface area contributed by atoms with Crippen molar-refractivity contribution in [1.82, 2.24) is 4.98 Å². The smallest absolute Gasteiger partial charge is 0.396 e. The van der Waals surface area contributed by atoms with Crippen molar-refractivity contribution < 1.29 is 13.2 Å². The summed E-state index contributed by atoms with van der Waals surface area (Å²) in [4.78, 5) is 3.29. The Balaban J connectivity index is 2.19. The fraction of sp³-hybridized carbons (Fsp3) is 0.545. The van der Waals surface area contributed by atoms with Crippen molar-refractivity contribution in [2.75, 3.05) is 11.1 Å². The zero-order valence-electron chi connectivity index (χ0n) is 9.38. The number of alkyl halides is 3. The molecule has 1 heterocycles. The van der Waals surface area contributed by atoms with Crippen LogP contribution in [-0.4, -0.2) is 11.0 Å². The van der Waals surface area contributed by atoms with Gasteiger partial charge in [0.15, 0.2) is 0 Å². The van der Waals surface area contributed by atoms with Gasteiger partial charge in [-0.25, -0.2) is 4.98 Å². The molecule has 94 valence electrons. The summed E-state index contributed by atoms with van der Waals surface area (Å²) in [7, 11) is 0. The van der Waals surface area contributed by atoms with Gasteiger partial charge in [0.2, 0.25) is 0 Å². The fourth-order valence-electron chi connectivity index (χ4n) is 1.71. The highest BCUT2D eigenvalue weighted by atomic mass is 19.4. The Morgan fingerprint density at radius 3 is 2.65 bits per heavy atom. The van der Waals surface area contributed by atoms with E-state index < -0.39 is 11.9 Å². The molecule has 0 spiro atoms. The lowest BCUT2D eigenvalue weighted by molar-refractivity contribution is -0.141.